The number of benzene rings is 1. The lowest BCUT2D eigenvalue weighted by Crippen LogP contribution is -2.44. The molecule has 5 nitrogen and oxygen atoms in total. The van der Waals surface area contributed by atoms with Gasteiger partial charge < -0.3 is 15.1 Å². The Bertz CT molecular complexity index is 652. The lowest BCUT2D eigenvalue weighted by atomic mass is 10.1. The molecule has 150 valence electrons. The van der Waals surface area contributed by atoms with Gasteiger partial charge in [-0.15, -0.1) is 0 Å². The summed E-state index contributed by atoms with van der Waals surface area (Å²) in [5.74, 6) is 0. The number of anilines is 2. The fraction of sp³-hybridized carbons (Fsp3) is 0.667. The normalized spacial score (nSPS) is 19.7. The van der Waals surface area contributed by atoms with Crippen LogP contribution in [-0.4, -0.2) is 60.6 Å². The van der Waals surface area contributed by atoms with Gasteiger partial charge in [-0.1, -0.05) is 11.6 Å². The Morgan fingerprint density at radius 2 is 1.70 bits per heavy atom. The van der Waals surface area contributed by atoms with Crippen LogP contribution < -0.4 is 10.2 Å². The number of hydrogen-bond acceptors (Lipinski definition) is 3. The van der Waals surface area contributed by atoms with Crippen molar-refractivity contribution in [3.8, 4) is 0 Å². The van der Waals surface area contributed by atoms with E-state index in [1.807, 2.05) is 23.1 Å². The van der Waals surface area contributed by atoms with E-state index in [1.54, 1.807) is 0 Å². The Balaban J connectivity index is 1.60. The number of rotatable bonds is 2. The highest BCUT2D eigenvalue weighted by Gasteiger charge is 2.26. The number of nitrogens with one attached hydrogen (secondary N) is 1. The zero-order chi connectivity index (χ0) is 19.4. The van der Waals surface area contributed by atoms with Gasteiger partial charge in [0, 0.05) is 50.5 Å². The molecule has 2 saturated heterocycles. The van der Waals surface area contributed by atoms with E-state index in [2.05, 4.69) is 35.9 Å². The fourth-order valence-electron chi connectivity index (χ4n) is 3.97. The monoisotopic (exact) mass is 392 g/mol. The van der Waals surface area contributed by atoms with Crippen molar-refractivity contribution in [2.45, 2.75) is 52.0 Å². The van der Waals surface area contributed by atoms with E-state index in [1.165, 1.54) is 19.3 Å². The summed E-state index contributed by atoms with van der Waals surface area (Å²) in [6.45, 7) is 12.3. The maximum Gasteiger partial charge on any atom is 0.321 e. The summed E-state index contributed by atoms with van der Waals surface area (Å²) in [6, 6.07) is 5.84. The second kappa shape index (κ2) is 8.70. The van der Waals surface area contributed by atoms with E-state index >= 15 is 0 Å². The summed E-state index contributed by atoms with van der Waals surface area (Å²) in [5.41, 5.74) is 1.98. The number of nitrogens with zero attached hydrogens (tertiary/aromatic N) is 3. The average Bonchev–Trinajstić information content (AvgIpc) is 2.89. The molecule has 1 aromatic rings. The molecule has 0 saturated carbocycles. The van der Waals surface area contributed by atoms with Crippen LogP contribution in [0.15, 0.2) is 18.2 Å². The number of halogens is 1. The van der Waals surface area contributed by atoms with Crippen molar-refractivity contribution < 1.29 is 4.79 Å². The third-order valence-electron chi connectivity index (χ3n) is 5.63. The van der Waals surface area contributed by atoms with Crippen LogP contribution in [-0.2, 0) is 0 Å². The summed E-state index contributed by atoms with van der Waals surface area (Å²) >= 11 is 6.51. The molecule has 1 aromatic carbocycles. The highest BCUT2D eigenvalue weighted by molar-refractivity contribution is 6.33. The van der Waals surface area contributed by atoms with Crippen molar-refractivity contribution in [1.82, 2.24) is 9.80 Å². The molecule has 1 N–H and O–H groups in total. The maximum absolute atomic E-state index is 12.7. The van der Waals surface area contributed by atoms with E-state index in [9.17, 15) is 4.79 Å². The van der Waals surface area contributed by atoms with Crippen LogP contribution in [0.5, 0.6) is 0 Å². The zero-order valence-corrected chi connectivity index (χ0v) is 17.7. The molecule has 2 aliphatic rings. The molecular weight excluding hydrogens is 360 g/mol. The summed E-state index contributed by atoms with van der Waals surface area (Å²) in [5, 5.41) is 3.74. The number of amides is 2. The minimum atomic E-state index is -0.0347. The average molecular weight is 393 g/mol. The third kappa shape index (κ3) is 5.29. The maximum atomic E-state index is 12.7. The standard InChI is InChI=1S/C21H33ClN4O/c1-21(2,3)26-13-7-12-25(14-15-26)20(27)23-17-8-9-19(18(22)16-17)24-10-5-4-6-11-24/h8-9,16H,4-7,10-15H2,1-3H3,(H,23,27). The van der Waals surface area contributed by atoms with Crippen molar-refractivity contribution in [3.05, 3.63) is 23.2 Å². The van der Waals surface area contributed by atoms with Crippen LogP contribution in [0.4, 0.5) is 16.2 Å². The van der Waals surface area contributed by atoms with Gasteiger partial charge in [-0.05, 0) is 64.7 Å². The van der Waals surface area contributed by atoms with E-state index in [0.717, 1.165) is 57.1 Å². The number of carbonyl (C=O) groups excluding carboxylic acids is 1. The summed E-state index contributed by atoms with van der Waals surface area (Å²) in [6.07, 6.45) is 4.73. The summed E-state index contributed by atoms with van der Waals surface area (Å²) in [4.78, 5) is 19.4. The van der Waals surface area contributed by atoms with Crippen LogP contribution in [0, 0.1) is 0 Å². The van der Waals surface area contributed by atoms with E-state index in [-0.39, 0.29) is 11.6 Å². The molecule has 27 heavy (non-hydrogen) atoms. The molecular formula is C21H33ClN4O. The Hall–Kier alpha value is -1.46. The van der Waals surface area contributed by atoms with Gasteiger partial charge in [0.25, 0.3) is 0 Å². The molecule has 0 aromatic heterocycles. The summed E-state index contributed by atoms with van der Waals surface area (Å²) < 4.78 is 0. The topological polar surface area (TPSA) is 38.8 Å². The Kier molecular flexibility index (Phi) is 6.53. The van der Waals surface area contributed by atoms with Gasteiger partial charge in [0.15, 0.2) is 0 Å². The van der Waals surface area contributed by atoms with E-state index in [0.29, 0.717) is 5.02 Å². The van der Waals surface area contributed by atoms with Gasteiger partial charge >= 0.3 is 6.03 Å². The van der Waals surface area contributed by atoms with Gasteiger partial charge in [0.2, 0.25) is 0 Å². The van der Waals surface area contributed by atoms with Crippen molar-refractivity contribution in [3.63, 3.8) is 0 Å². The lowest BCUT2D eigenvalue weighted by molar-refractivity contribution is 0.142. The van der Waals surface area contributed by atoms with Crippen LogP contribution in [0.1, 0.15) is 46.5 Å². The Morgan fingerprint density at radius 3 is 2.37 bits per heavy atom. The first-order chi connectivity index (χ1) is 12.8. The van der Waals surface area contributed by atoms with Crippen molar-refractivity contribution in [2.24, 2.45) is 0 Å². The molecule has 0 atom stereocenters. The molecule has 0 radical (unpaired) electrons. The molecule has 2 aliphatic heterocycles. The number of piperidine rings is 1. The van der Waals surface area contributed by atoms with Crippen LogP contribution in [0.3, 0.4) is 0 Å². The number of carbonyl (C=O) groups is 1. The first kappa shape index (κ1) is 20.3. The van der Waals surface area contributed by atoms with Crippen molar-refractivity contribution in [1.29, 1.82) is 0 Å². The van der Waals surface area contributed by atoms with Gasteiger partial charge in [-0.3, -0.25) is 4.90 Å². The molecule has 2 amide bonds. The highest BCUT2D eigenvalue weighted by Crippen LogP contribution is 2.31. The molecule has 6 heteroatoms. The van der Waals surface area contributed by atoms with E-state index < -0.39 is 0 Å². The predicted octanol–water partition coefficient (Wildman–Crippen LogP) is 4.67. The minimum absolute atomic E-state index is 0.0347. The van der Waals surface area contributed by atoms with Crippen molar-refractivity contribution >= 4 is 29.0 Å². The molecule has 2 heterocycles. The molecule has 0 unspecified atom stereocenters. The third-order valence-corrected chi connectivity index (χ3v) is 5.93. The Morgan fingerprint density at radius 1 is 0.963 bits per heavy atom. The smallest absolute Gasteiger partial charge is 0.321 e. The summed E-state index contributed by atoms with van der Waals surface area (Å²) in [7, 11) is 0. The molecule has 2 fully saturated rings. The number of hydrogen-bond donors (Lipinski definition) is 1. The van der Waals surface area contributed by atoms with E-state index in [4.69, 9.17) is 11.6 Å². The SMILES string of the molecule is CC(C)(C)N1CCCN(C(=O)Nc2ccc(N3CCCCC3)c(Cl)c2)CC1. The lowest BCUT2D eigenvalue weighted by Gasteiger charge is -2.34. The van der Waals surface area contributed by atoms with Gasteiger partial charge in [-0.25, -0.2) is 4.79 Å². The predicted molar refractivity (Wildman–Crippen MR) is 114 cm³/mol. The number of urea groups is 1. The largest absolute Gasteiger partial charge is 0.370 e. The molecule has 0 spiro atoms. The van der Waals surface area contributed by atoms with Gasteiger partial charge in [0.1, 0.15) is 0 Å². The quantitative estimate of drug-likeness (QED) is 0.794. The zero-order valence-electron chi connectivity index (χ0n) is 16.9. The molecule has 0 bridgehead atoms. The molecule has 0 aliphatic carbocycles. The second-order valence-corrected chi connectivity index (χ2v) is 9.05. The minimum Gasteiger partial charge on any atom is -0.370 e. The fourth-order valence-corrected chi connectivity index (χ4v) is 4.27. The first-order valence-electron chi connectivity index (χ1n) is 10.2. The van der Waals surface area contributed by atoms with Crippen LogP contribution in [0.2, 0.25) is 5.02 Å². The highest BCUT2D eigenvalue weighted by atomic mass is 35.5. The van der Waals surface area contributed by atoms with Gasteiger partial charge in [-0.2, -0.15) is 0 Å². The second-order valence-electron chi connectivity index (χ2n) is 8.64. The first-order valence-corrected chi connectivity index (χ1v) is 10.6. The molecule has 3 rings (SSSR count). The van der Waals surface area contributed by atoms with Crippen LogP contribution >= 0.6 is 11.6 Å². The van der Waals surface area contributed by atoms with Crippen molar-refractivity contribution in [2.75, 3.05) is 49.5 Å². The Labute approximate surface area is 168 Å². The van der Waals surface area contributed by atoms with Crippen LogP contribution in [0.25, 0.3) is 0 Å². The van der Waals surface area contributed by atoms with Gasteiger partial charge in [0.05, 0.1) is 10.7 Å².